The van der Waals surface area contributed by atoms with E-state index in [1.54, 1.807) is 36.4 Å². The van der Waals surface area contributed by atoms with Gasteiger partial charge in [-0.1, -0.05) is 204 Å². The van der Waals surface area contributed by atoms with E-state index in [1.165, 1.54) is 9.80 Å². The van der Waals surface area contributed by atoms with Crippen molar-refractivity contribution in [1.82, 2.24) is 0 Å². The Balaban J connectivity index is 1.16. The Morgan fingerprint density at radius 2 is 0.625 bits per heavy atom. The number of nitrogens with zero attached hydrogens (tertiary/aromatic N) is 2. The van der Waals surface area contributed by atoms with Crippen molar-refractivity contribution in [2.45, 2.75) is 27.7 Å². The van der Waals surface area contributed by atoms with E-state index < -0.39 is 72.1 Å². The molecule has 72 heavy (non-hydrogen) atoms. The first kappa shape index (κ1) is 34.4. The van der Waals surface area contributed by atoms with Crippen LogP contribution < -0.4 is 9.80 Å². The van der Waals surface area contributed by atoms with E-state index >= 15 is 8.78 Å². The van der Waals surface area contributed by atoms with Gasteiger partial charge >= 0.3 is 0 Å². The maximum absolute atomic E-state index is 18.6. The van der Waals surface area contributed by atoms with Crippen LogP contribution in [0.2, 0.25) is 0 Å². The van der Waals surface area contributed by atoms with Crippen molar-refractivity contribution in [3.8, 4) is 44.5 Å². The van der Waals surface area contributed by atoms with Crippen LogP contribution in [0.5, 0.6) is 0 Å². The Labute approximate surface area is 433 Å². The molecule has 0 aliphatic heterocycles. The first-order valence-electron chi connectivity index (χ1n) is 28.7. The Bertz CT molecular complexity index is 4220. The van der Waals surface area contributed by atoms with Crippen LogP contribution in [-0.2, 0) is 0 Å². The van der Waals surface area contributed by atoms with E-state index in [4.69, 9.17) is 8.22 Å². The van der Waals surface area contributed by atoms with Crippen molar-refractivity contribution in [2.75, 3.05) is 9.80 Å². The summed E-state index contributed by atoms with van der Waals surface area (Å²) in [5.41, 5.74) is 7.92. The number of hydrogen-bond donors (Lipinski definition) is 0. The summed E-state index contributed by atoms with van der Waals surface area (Å²) in [6, 6.07) is 45.6. The van der Waals surface area contributed by atoms with E-state index in [1.807, 2.05) is 161 Å². The van der Waals surface area contributed by atoms with E-state index in [0.717, 1.165) is 33.4 Å². The maximum atomic E-state index is 18.6. The molecule has 0 N–H and O–H groups in total. The maximum Gasteiger partial charge on any atom is 0.155 e. The predicted octanol–water partition coefficient (Wildman–Crippen LogP) is 19.7. The van der Waals surface area contributed by atoms with E-state index in [0.29, 0.717) is 54.6 Å². The molecule has 0 saturated carbocycles. The lowest BCUT2D eigenvalue weighted by atomic mass is 9.90. The van der Waals surface area contributed by atoms with Crippen molar-refractivity contribution < 1.29 is 22.5 Å². The molecule has 0 unspecified atom stereocenters. The second-order valence-corrected chi connectivity index (χ2v) is 18.3. The predicted molar refractivity (Wildman–Crippen MR) is 300 cm³/mol. The fourth-order valence-corrected chi connectivity index (χ4v) is 10.0. The summed E-state index contributed by atoms with van der Waals surface area (Å²) in [5, 5.41) is 3.61. The molecule has 0 radical (unpaired) electrons. The van der Waals surface area contributed by atoms with Crippen LogP contribution in [0.3, 0.4) is 0 Å². The van der Waals surface area contributed by atoms with Gasteiger partial charge in [0.25, 0.3) is 0 Å². The summed E-state index contributed by atoms with van der Waals surface area (Å²) in [5.74, 6) is -1.42. The Morgan fingerprint density at radius 3 is 0.972 bits per heavy atom. The number of anilines is 6. The molecule has 0 bridgehead atoms. The minimum Gasteiger partial charge on any atom is -0.307 e. The molecule has 0 spiro atoms. The van der Waals surface area contributed by atoms with Crippen LogP contribution in [0.15, 0.2) is 230 Å². The summed E-state index contributed by atoms with van der Waals surface area (Å²) in [6.07, 6.45) is 0. The summed E-state index contributed by atoms with van der Waals surface area (Å²) < 4.78 is 128. The molecule has 0 fully saturated rings. The van der Waals surface area contributed by atoms with Gasteiger partial charge in [-0.3, -0.25) is 0 Å². The van der Waals surface area contributed by atoms with Crippen molar-refractivity contribution in [3.63, 3.8) is 0 Å². The van der Waals surface area contributed by atoms with Crippen molar-refractivity contribution in [3.05, 3.63) is 264 Å². The minimum atomic E-state index is -0.712. The molecule has 0 heterocycles. The van der Waals surface area contributed by atoms with Gasteiger partial charge in [0.15, 0.2) is 11.6 Å². The molecule has 2 nitrogen and oxygen atoms in total. The molecule has 0 saturated heterocycles. The molecule has 0 atom stereocenters. The van der Waals surface area contributed by atoms with E-state index in [9.17, 15) is 5.48 Å². The number of benzene rings is 12. The second-order valence-electron chi connectivity index (χ2n) is 18.3. The minimum absolute atomic E-state index is 0.0954. The zero-order valence-corrected chi connectivity index (χ0v) is 39.8. The monoisotopic (exact) mass is 942 g/mol. The summed E-state index contributed by atoms with van der Waals surface area (Å²) in [4.78, 5) is 2.80. The third kappa shape index (κ3) is 7.73. The van der Waals surface area contributed by atoms with Gasteiger partial charge in [-0.2, -0.15) is 0 Å². The number of halogens is 2. The third-order valence-electron chi connectivity index (χ3n) is 13.7. The van der Waals surface area contributed by atoms with Crippen molar-refractivity contribution >= 4 is 66.4 Å². The highest BCUT2D eigenvalue weighted by Gasteiger charge is 2.28. The Hall–Kier alpha value is -8.86. The first-order valence-corrected chi connectivity index (χ1v) is 23.7. The average molecular weight is 943 g/mol. The highest BCUT2D eigenvalue weighted by atomic mass is 19.1. The molecular weight excluding hydrogens is 883 g/mol. The third-order valence-corrected chi connectivity index (χ3v) is 13.7. The topological polar surface area (TPSA) is 6.48 Å². The molecular formula is C68H50F2N2. The first-order chi connectivity index (χ1) is 39.3. The van der Waals surface area contributed by atoms with Crippen LogP contribution in [0, 0.1) is 39.3 Å². The number of hydrogen-bond acceptors (Lipinski definition) is 2. The molecule has 0 amide bonds. The van der Waals surface area contributed by atoms with E-state index in [2.05, 4.69) is 0 Å². The van der Waals surface area contributed by atoms with Gasteiger partial charge in [-0.15, -0.1) is 0 Å². The normalized spacial score (nSPS) is 13.4. The van der Waals surface area contributed by atoms with Gasteiger partial charge in [0.2, 0.25) is 0 Å². The summed E-state index contributed by atoms with van der Waals surface area (Å²) in [6.45, 7) is 7.81. The van der Waals surface area contributed by atoms with Gasteiger partial charge in [0, 0.05) is 33.3 Å². The molecule has 4 heteroatoms. The fraction of sp³-hybridized carbons (Fsp3) is 0.0588. The molecule has 12 aromatic rings. The molecule has 346 valence electrons. The average Bonchev–Trinajstić information content (AvgIpc) is 1.49. The smallest absolute Gasteiger partial charge is 0.155 e. The van der Waals surface area contributed by atoms with Gasteiger partial charge < -0.3 is 9.80 Å². The number of rotatable bonds is 10. The zero-order chi connectivity index (χ0) is 57.7. The molecule has 12 aromatic carbocycles. The highest BCUT2D eigenvalue weighted by molar-refractivity contribution is 6.28. The second kappa shape index (κ2) is 18.1. The Morgan fingerprint density at radius 1 is 0.319 bits per heavy atom. The number of aryl methyl sites for hydroxylation is 4. The Kier molecular flexibility index (Phi) is 8.68. The highest BCUT2D eigenvalue weighted by Crippen LogP contribution is 2.51. The number of para-hydroxylation sites is 2. The summed E-state index contributed by atoms with van der Waals surface area (Å²) >= 11 is 0. The van der Waals surface area contributed by atoms with E-state index in [-0.39, 0.29) is 45.3 Å². The molecule has 12 rings (SSSR count). The lowest BCUT2D eigenvalue weighted by Gasteiger charge is -2.30. The quantitative estimate of drug-likeness (QED) is 0.126. The van der Waals surface area contributed by atoms with Crippen LogP contribution >= 0.6 is 0 Å². The summed E-state index contributed by atoms with van der Waals surface area (Å²) in [7, 11) is 0. The molecule has 0 aliphatic rings. The molecule has 0 aromatic heterocycles. The van der Waals surface area contributed by atoms with Gasteiger partial charge in [-0.05, 0) is 131 Å². The van der Waals surface area contributed by atoms with Crippen LogP contribution in [0.1, 0.15) is 36.0 Å². The fourth-order valence-electron chi connectivity index (χ4n) is 10.0. The largest absolute Gasteiger partial charge is 0.307 e. The van der Waals surface area contributed by atoms with Crippen molar-refractivity contribution in [2.24, 2.45) is 0 Å². The zero-order valence-electron chi connectivity index (χ0n) is 49.8. The van der Waals surface area contributed by atoms with Crippen LogP contribution in [-0.4, -0.2) is 0 Å². The lowest BCUT2D eigenvalue weighted by molar-refractivity contribution is 0.632. The van der Waals surface area contributed by atoms with Gasteiger partial charge in [0.05, 0.1) is 36.5 Å². The molecule has 0 aliphatic carbocycles. The SMILES string of the molecule is [2H]c1c([2H])c([2H])c(N(c2ccc(-c3ccc(C)cc3)c(-c3ccc(C)cc3)c2F)c2ccc3ccc4c(N(c5ccc(-c6ccc(C)cc6)c(-c6ccc(C)cc6)c5F)c5c([2H])c([2H])c([2H])c([2H])c5[2H])ccc5ccc2c3c54)c([2H])c1[2H]. The lowest BCUT2D eigenvalue weighted by Crippen LogP contribution is -2.14. The van der Waals surface area contributed by atoms with Crippen LogP contribution in [0.25, 0.3) is 76.8 Å². The van der Waals surface area contributed by atoms with Crippen LogP contribution in [0.4, 0.5) is 42.9 Å². The van der Waals surface area contributed by atoms with Gasteiger partial charge in [-0.25, -0.2) is 8.78 Å². The van der Waals surface area contributed by atoms with Crippen molar-refractivity contribution in [1.29, 1.82) is 0 Å². The standard InChI is InChI=1S/C68H50F2N2/c1-43-15-23-47(24-16-43)55-37-41-61(67(69)65(55)51-27-19-45(3)20-28-51)71(53-11-7-5-8-12-53)59-39-33-49-32-36-58-60(40-34-50-31-35-57(59)63(49)64(50)58)72(54-13-9-6-10-14-54)62-42-38-56(48-25-17-44(2)18-26-48)66(68(62)70)52-29-21-46(4)22-30-52/h5-42H,1-4H3/i5D,6D,7D,8D,9D,10D,11D,12D,13D,14D. The van der Waals surface area contributed by atoms with Gasteiger partial charge in [0.1, 0.15) is 0 Å².